The van der Waals surface area contributed by atoms with Gasteiger partial charge in [-0.15, -0.1) is 0 Å². The van der Waals surface area contributed by atoms with Crippen molar-refractivity contribution < 1.29 is 28.5 Å². The molecule has 4 atom stereocenters. The average Bonchev–Trinajstić information content (AvgIpc) is 3.51. The molecule has 0 radical (unpaired) electrons. The summed E-state index contributed by atoms with van der Waals surface area (Å²) in [4.78, 5) is 29.9. The van der Waals surface area contributed by atoms with Crippen LogP contribution in [0.5, 0.6) is 11.5 Å². The van der Waals surface area contributed by atoms with Crippen molar-refractivity contribution in [3.63, 3.8) is 0 Å². The number of carbonyl (C=O) groups is 2. The monoisotopic (exact) mass is 555 g/mol. The Kier molecular flexibility index (Phi) is 6.83. The summed E-state index contributed by atoms with van der Waals surface area (Å²) in [6.45, 7) is 12.3. The van der Waals surface area contributed by atoms with Gasteiger partial charge < -0.3 is 18.9 Å². The highest BCUT2D eigenvalue weighted by Gasteiger charge is 2.58. The van der Waals surface area contributed by atoms with Crippen LogP contribution in [-0.4, -0.2) is 64.0 Å². The van der Waals surface area contributed by atoms with E-state index >= 15 is 0 Å². The largest absolute Gasteiger partial charge is 0.455 e. The maximum absolute atomic E-state index is 14.3. The number of nitrogens with zero attached hydrogens (tertiary/aromatic N) is 1. The third kappa shape index (κ3) is 4.70. The Balaban J connectivity index is 1.37. The molecule has 1 aromatic carbocycles. The summed E-state index contributed by atoms with van der Waals surface area (Å²) in [5, 5.41) is 0.120. The first kappa shape index (κ1) is 27.2. The molecular weight excluding hydrogens is 514 g/mol. The van der Waals surface area contributed by atoms with E-state index in [9.17, 15) is 9.59 Å². The van der Waals surface area contributed by atoms with Crippen LogP contribution in [0.1, 0.15) is 90.2 Å². The Bertz CT molecular complexity index is 1210. The van der Waals surface area contributed by atoms with Crippen LogP contribution < -0.4 is 9.47 Å². The minimum absolute atomic E-state index is 0.0238. The van der Waals surface area contributed by atoms with Gasteiger partial charge in [-0.3, -0.25) is 9.69 Å². The van der Waals surface area contributed by atoms with Crippen molar-refractivity contribution in [3.05, 3.63) is 34.9 Å². The molecule has 6 rings (SSSR count). The maximum atomic E-state index is 14.3. The molecule has 39 heavy (non-hydrogen) atoms. The molecule has 1 unspecified atom stereocenters. The van der Waals surface area contributed by atoms with Gasteiger partial charge in [0.15, 0.2) is 22.2 Å². The van der Waals surface area contributed by atoms with Gasteiger partial charge in [0, 0.05) is 17.7 Å². The van der Waals surface area contributed by atoms with E-state index in [0.29, 0.717) is 6.42 Å². The Hall–Kier alpha value is -2.03. The van der Waals surface area contributed by atoms with Crippen LogP contribution in [0.15, 0.2) is 23.8 Å². The first-order valence-electron chi connectivity index (χ1n) is 14.5. The smallest absolute Gasteiger partial charge is 0.339 e. The van der Waals surface area contributed by atoms with Gasteiger partial charge in [-0.2, -0.15) is 0 Å². The maximum Gasteiger partial charge on any atom is 0.339 e. The molecule has 5 aliphatic rings. The van der Waals surface area contributed by atoms with Gasteiger partial charge in [0.25, 0.3) is 0 Å². The molecule has 4 heterocycles. The highest BCUT2D eigenvalue weighted by atomic mass is 32.2. The third-order valence-corrected chi connectivity index (χ3v) is 10.1. The van der Waals surface area contributed by atoms with Crippen molar-refractivity contribution in [1.82, 2.24) is 4.90 Å². The molecule has 8 heteroatoms. The van der Waals surface area contributed by atoms with Crippen LogP contribution in [-0.2, 0) is 25.5 Å². The zero-order chi connectivity index (χ0) is 27.6. The third-order valence-electron chi connectivity index (χ3n) is 9.22. The molecule has 0 bridgehead atoms. The van der Waals surface area contributed by atoms with Crippen LogP contribution in [0.3, 0.4) is 0 Å². The van der Waals surface area contributed by atoms with Gasteiger partial charge in [-0.1, -0.05) is 31.7 Å². The first-order valence-corrected chi connectivity index (χ1v) is 15.4. The van der Waals surface area contributed by atoms with Crippen molar-refractivity contribution >= 4 is 22.8 Å². The molecule has 0 N–H and O–H groups in total. The lowest BCUT2D eigenvalue weighted by Gasteiger charge is -2.44. The van der Waals surface area contributed by atoms with Crippen LogP contribution in [0.2, 0.25) is 0 Å². The number of fused-ring (bicyclic) bond motifs is 3. The minimum atomic E-state index is -1.27. The Morgan fingerprint density at radius 1 is 1.10 bits per heavy atom. The number of thioether (sulfide) groups is 1. The van der Waals surface area contributed by atoms with E-state index in [1.165, 1.54) is 22.9 Å². The zero-order valence-corrected chi connectivity index (χ0v) is 24.7. The highest BCUT2D eigenvalue weighted by molar-refractivity contribution is 8.14. The number of hydrogen-bond acceptors (Lipinski definition) is 8. The topological polar surface area (TPSA) is 74.3 Å². The van der Waals surface area contributed by atoms with E-state index in [0.717, 1.165) is 62.3 Å². The Morgan fingerprint density at radius 3 is 2.62 bits per heavy atom. The normalized spacial score (nSPS) is 32.7. The number of rotatable bonds is 5. The van der Waals surface area contributed by atoms with E-state index in [4.69, 9.17) is 18.9 Å². The summed E-state index contributed by atoms with van der Waals surface area (Å²) in [6, 6.07) is 4.24. The molecule has 0 saturated carbocycles. The summed E-state index contributed by atoms with van der Waals surface area (Å²) in [5.41, 5.74) is 1.51. The summed E-state index contributed by atoms with van der Waals surface area (Å²) >= 11 is 1.27. The second-order valence-electron chi connectivity index (χ2n) is 12.9. The highest BCUT2D eigenvalue weighted by Crippen LogP contribution is 2.56. The van der Waals surface area contributed by atoms with Crippen LogP contribution in [0.25, 0.3) is 0 Å². The molecule has 4 aliphatic heterocycles. The van der Waals surface area contributed by atoms with Crippen molar-refractivity contribution in [2.45, 2.75) is 114 Å². The molecular formula is C31H41NO6S. The fourth-order valence-corrected chi connectivity index (χ4v) is 8.57. The number of hydrogen-bond donors (Lipinski definition) is 0. The second-order valence-corrected chi connectivity index (χ2v) is 14.5. The molecule has 1 aromatic rings. The second kappa shape index (κ2) is 9.81. The van der Waals surface area contributed by atoms with Gasteiger partial charge >= 0.3 is 5.97 Å². The zero-order valence-electron chi connectivity index (χ0n) is 23.8. The van der Waals surface area contributed by atoms with E-state index in [-0.39, 0.29) is 35.0 Å². The van der Waals surface area contributed by atoms with Gasteiger partial charge in [0.05, 0.1) is 17.6 Å². The molecule has 1 aliphatic carbocycles. The summed E-state index contributed by atoms with van der Waals surface area (Å²) in [6.07, 6.45) is 7.16. The van der Waals surface area contributed by atoms with Crippen molar-refractivity contribution in [2.24, 2.45) is 0 Å². The number of esters is 1. The molecule has 0 amide bonds. The van der Waals surface area contributed by atoms with Gasteiger partial charge in [0.2, 0.25) is 6.79 Å². The van der Waals surface area contributed by atoms with E-state index in [1.807, 2.05) is 27.7 Å². The molecule has 7 nitrogen and oxygen atoms in total. The van der Waals surface area contributed by atoms with Crippen LogP contribution >= 0.6 is 11.8 Å². The standard InChI is InChI=1S/C31H41NO6S/c1-19(2)39-25(33)17-31(11-6-9-29(4,5)38-31)28(34)37-27-20(3)16-30-10-7-12-32(30)13-8-21-14-23-24(36-18-35-23)15-22(21)26(27)30/h14-16,19,26-27H,6-13,17-18H2,1-5H3/t26-,27?,30-,31-/m1/s1. The molecule has 1 spiro atoms. The molecule has 2 saturated heterocycles. The van der Waals surface area contributed by atoms with Crippen molar-refractivity contribution in [1.29, 1.82) is 0 Å². The predicted molar refractivity (Wildman–Crippen MR) is 150 cm³/mol. The fraction of sp³-hybridized carbons (Fsp3) is 0.677. The average molecular weight is 556 g/mol. The fourth-order valence-electron chi connectivity index (χ4n) is 7.73. The SMILES string of the molecule is CC1=C[C@@]23CCCN2CCc2cc4c(cc2[C@@H]3C1OC(=O)[C@]1(CC(=O)SC(C)C)CCCC(C)(C)O1)OCO4. The predicted octanol–water partition coefficient (Wildman–Crippen LogP) is 5.54. The van der Waals surface area contributed by atoms with Crippen LogP contribution in [0.4, 0.5) is 0 Å². The minimum Gasteiger partial charge on any atom is -0.455 e. The molecule has 212 valence electrons. The Labute approximate surface area is 235 Å². The van der Waals surface area contributed by atoms with E-state index < -0.39 is 23.3 Å². The number of benzene rings is 1. The lowest BCUT2D eigenvalue weighted by molar-refractivity contribution is -0.212. The first-order chi connectivity index (χ1) is 18.5. The number of ether oxygens (including phenoxy) is 4. The van der Waals surface area contributed by atoms with Gasteiger partial charge in [-0.05, 0) is 94.7 Å². The van der Waals surface area contributed by atoms with Crippen molar-refractivity contribution in [3.8, 4) is 11.5 Å². The quantitative estimate of drug-likeness (QED) is 0.347. The molecule has 2 fully saturated rings. The lowest BCUT2D eigenvalue weighted by atomic mass is 9.77. The van der Waals surface area contributed by atoms with E-state index in [2.05, 4.69) is 30.0 Å². The van der Waals surface area contributed by atoms with Crippen molar-refractivity contribution in [2.75, 3.05) is 19.9 Å². The summed E-state index contributed by atoms with van der Waals surface area (Å²) in [7, 11) is 0. The molecule has 0 aromatic heterocycles. The van der Waals surface area contributed by atoms with Gasteiger partial charge in [-0.25, -0.2) is 4.79 Å². The summed E-state index contributed by atoms with van der Waals surface area (Å²) in [5.74, 6) is 1.10. The summed E-state index contributed by atoms with van der Waals surface area (Å²) < 4.78 is 24.6. The Morgan fingerprint density at radius 2 is 1.87 bits per heavy atom. The van der Waals surface area contributed by atoms with Crippen LogP contribution in [0, 0.1) is 0 Å². The van der Waals surface area contributed by atoms with Gasteiger partial charge in [0.1, 0.15) is 6.10 Å². The lowest BCUT2D eigenvalue weighted by Crippen LogP contribution is -2.54. The van der Waals surface area contributed by atoms with E-state index in [1.54, 1.807) is 0 Å². The number of carbonyl (C=O) groups excluding carboxylic acids is 2.